The number of nitrogens with zero attached hydrogens (tertiary/aromatic N) is 5. The number of nitrogens with one attached hydrogen (secondary N) is 4. The third-order valence-corrected chi connectivity index (χ3v) is 11.5. The number of likely N-dealkylation sites (tertiary alicyclic amines) is 2. The molecule has 0 radical (unpaired) electrons. The van der Waals surface area contributed by atoms with Gasteiger partial charge in [-0.05, 0) is 54.9 Å². The number of rotatable bonds is 13. The second kappa shape index (κ2) is 18.0. The Labute approximate surface area is 339 Å². The monoisotopic (exact) mass is 809 g/mol. The Morgan fingerprint density at radius 2 is 1.24 bits per heavy atom. The van der Waals surface area contributed by atoms with Gasteiger partial charge in [-0.3, -0.25) is 9.59 Å². The predicted molar refractivity (Wildman–Crippen MR) is 215 cm³/mol. The summed E-state index contributed by atoms with van der Waals surface area (Å²) >= 11 is 1.43. The molecular formula is C41H47N9O7S. The molecule has 0 saturated carbocycles. The number of amides is 4. The Hall–Kier alpha value is -6.07. The highest BCUT2D eigenvalue weighted by Crippen LogP contribution is 2.35. The van der Waals surface area contributed by atoms with E-state index in [2.05, 4.69) is 59.8 Å². The number of alkyl carbamates (subject to hydrolysis) is 2. The molecule has 2 aliphatic heterocycles. The van der Waals surface area contributed by atoms with Crippen molar-refractivity contribution in [2.45, 2.75) is 69.3 Å². The molecule has 5 atom stereocenters. The maximum absolute atomic E-state index is 13.8. The topological polar surface area (TPSA) is 197 Å². The third kappa shape index (κ3) is 8.74. The number of hydrogen-bond acceptors (Lipinski definition) is 11. The van der Waals surface area contributed by atoms with Gasteiger partial charge in [0, 0.05) is 32.0 Å². The molecule has 0 spiro atoms. The molecule has 16 nitrogen and oxygen atoms in total. The highest BCUT2D eigenvalue weighted by molar-refractivity contribution is 7.07. The van der Waals surface area contributed by atoms with Crippen LogP contribution < -0.4 is 10.6 Å². The maximum Gasteiger partial charge on any atom is 0.407 e. The molecule has 17 heteroatoms. The lowest BCUT2D eigenvalue weighted by molar-refractivity contribution is -0.137. The van der Waals surface area contributed by atoms with Crippen LogP contribution in [0, 0.1) is 0 Å². The molecule has 4 amide bonds. The van der Waals surface area contributed by atoms with Crippen LogP contribution in [-0.2, 0) is 30.2 Å². The lowest BCUT2D eigenvalue weighted by Crippen LogP contribution is -2.54. The molecule has 2 fully saturated rings. The number of imidazole rings is 2. The van der Waals surface area contributed by atoms with Crippen molar-refractivity contribution >= 4 is 35.3 Å². The van der Waals surface area contributed by atoms with Crippen LogP contribution in [0.2, 0.25) is 0 Å². The number of hydrogen-bond donors (Lipinski definition) is 4. The average Bonchev–Trinajstić information content (AvgIpc) is 4.11. The first-order valence-electron chi connectivity index (χ1n) is 19.2. The van der Waals surface area contributed by atoms with E-state index >= 15 is 0 Å². The number of methoxy groups -OCH3 is 3. The summed E-state index contributed by atoms with van der Waals surface area (Å²) in [6.45, 7) is 2.82. The summed E-state index contributed by atoms with van der Waals surface area (Å²) in [6.07, 6.45) is 5.02. The van der Waals surface area contributed by atoms with E-state index in [9.17, 15) is 19.2 Å². The number of thiazole rings is 1. The SMILES string of the molecule is COC(=O)N[C@@H](Cc1cscn1)C(=O)N1CCC[C@H]1c1ncc(-c2ccc(-c3ccc(-c4cnc([C@@H]5CCCN5C(=O)[C@@H](NC(=O)OC)[C@@H](C)OC)[nH]4)cc3)cc2)[nH]1. The normalized spacial score (nSPS) is 18.1. The molecular weight excluding hydrogens is 763 g/mol. The zero-order valence-corrected chi connectivity index (χ0v) is 33.6. The largest absolute Gasteiger partial charge is 0.453 e. The van der Waals surface area contributed by atoms with Gasteiger partial charge in [0.1, 0.15) is 23.7 Å². The Morgan fingerprint density at radius 1 is 0.741 bits per heavy atom. The number of aromatic amines is 2. The first-order chi connectivity index (χ1) is 28.2. The summed E-state index contributed by atoms with van der Waals surface area (Å²) in [7, 11) is 4.03. The molecule has 58 heavy (non-hydrogen) atoms. The zero-order valence-electron chi connectivity index (χ0n) is 32.8. The summed E-state index contributed by atoms with van der Waals surface area (Å²) in [5.41, 5.74) is 8.08. The summed E-state index contributed by atoms with van der Waals surface area (Å²) in [5, 5.41) is 7.18. The van der Waals surface area contributed by atoms with Crippen LogP contribution >= 0.6 is 11.3 Å². The first-order valence-corrected chi connectivity index (χ1v) is 20.1. The van der Waals surface area contributed by atoms with Gasteiger partial charge in [-0.2, -0.15) is 0 Å². The highest BCUT2D eigenvalue weighted by Gasteiger charge is 2.39. The molecule has 304 valence electrons. The maximum atomic E-state index is 13.8. The molecule has 2 aliphatic rings. The Kier molecular flexibility index (Phi) is 12.5. The summed E-state index contributed by atoms with van der Waals surface area (Å²) in [6, 6.07) is 14.1. The van der Waals surface area contributed by atoms with Gasteiger partial charge in [-0.15, -0.1) is 11.3 Å². The fourth-order valence-electron chi connectivity index (χ4n) is 7.65. The van der Waals surface area contributed by atoms with Crippen molar-refractivity contribution in [2.24, 2.45) is 0 Å². The molecule has 2 aromatic carbocycles. The molecule has 0 aliphatic carbocycles. The van der Waals surface area contributed by atoms with Gasteiger partial charge in [-0.25, -0.2) is 24.5 Å². The molecule has 5 heterocycles. The van der Waals surface area contributed by atoms with Crippen LogP contribution in [0.1, 0.15) is 62.0 Å². The van der Waals surface area contributed by atoms with Crippen molar-refractivity contribution in [1.29, 1.82) is 0 Å². The molecule has 0 bridgehead atoms. The number of benzene rings is 2. The Bertz CT molecular complexity index is 2190. The minimum atomic E-state index is -0.899. The minimum absolute atomic E-state index is 0.202. The van der Waals surface area contributed by atoms with E-state index in [0.717, 1.165) is 65.0 Å². The van der Waals surface area contributed by atoms with E-state index in [-0.39, 0.29) is 30.3 Å². The second-order valence-electron chi connectivity index (χ2n) is 14.3. The minimum Gasteiger partial charge on any atom is -0.453 e. The molecule has 2 saturated heterocycles. The Morgan fingerprint density at radius 3 is 1.72 bits per heavy atom. The van der Waals surface area contributed by atoms with Crippen LogP contribution in [-0.4, -0.2) is 111 Å². The first kappa shape index (κ1) is 40.1. The average molecular weight is 810 g/mol. The van der Waals surface area contributed by atoms with E-state index in [1.807, 2.05) is 29.6 Å². The van der Waals surface area contributed by atoms with Gasteiger partial charge in [0.25, 0.3) is 0 Å². The predicted octanol–water partition coefficient (Wildman–Crippen LogP) is 5.64. The lowest BCUT2D eigenvalue weighted by Gasteiger charge is -2.30. The number of aromatic nitrogens is 5. The standard InChI is InChI=1S/C41H47N9O7S/c1-24(55-2)35(48-41(54)57-4)39(52)50-18-6-8-34(50)37-43-21-32(46-37)28-15-11-26(12-16-28)25-9-13-27(14-10-25)31-20-42-36(45-31)33-7-5-17-49(33)38(51)30(47-40(53)56-3)19-29-22-58-23-44-29/h9-16,20-24,30,33-35H,5-8,17-19H2,1-4H3,(H,42,45)(H,43,46)(H,47,53)(H,48,54)/t24-,30+,33+,34+,35+/m1/s1. The van der Waals surface area contributed by atoms with Crippen LogP contribution in [0.3, 0.4) is 0 Å². The molecule has 7 rings (SSSR count). The number of H-pyrrole nitrogens is 2. The third-order valence-electron chi connectivity index (χ3n) is 10.9. The van der Waals surface area contributed by atoms with Crippen molar-refractivity contribution in [1.82, 2.24) is 45.4 Å². The molecule has 4 N–H and O–H groups in total. The van der Waals surface area contributed by atoms with E-state index in [4.69, 9.17) is 14.2 Å². The highest BCUT2D eigenvalue weighted by atomic mass is 32.1. The van der Waals surface area contributed by atoms with E-state index in [0.29, 0.717) is 24.7 Å². The van der Waals surface area contributed by atoms with Gasteiger partial charge in [0.2, 0.25) is 11.8 Å². The Balaban J connectivity index is 0.999. The number of ether oxygens (including phenoxy) is 3. The summed E-state index contributed by atoms with van der Waals surface area (Å²) in [5.74, 6) is 0.926. The zero-order chi connectivity index (χ0) is 40.8. The lowest BCUT2D eigenvalue weighted by atomic mass is 10.0. The number of carbonyl (C=O) groups is 4. The van der Waals surface area contributed by atoms with Crippen molar-refractivity contribution < 1.29 is 33.4 Å². The van der Waals surface area contributed by atoms with Gasteiger partial charge in [-0.1, -0.05) is 48.5 Å². The molecule has 3 aromatic heterocycles. The fourth-order valence-corrected chi connectivity index (χ4v) is 8.22. The van der Waals surface area contributed by atoms with E-state index < -0.39 is 30.4 Å². The van der Waals surface area contributed by atoms with Crippen molar-refractivity contribution in [2.75, 3.05) is 34.4 Å². The van der Waals surface area contributed by atoms with Gasteiger partial charge in [0.15, 0.2) is 0 Å². The van der Waals surface area contributed by atoms with E-state index in [1.165, 1.54) is 32.7 Å². The van der Waals surface area contributed by atoms with Crippen LogP contribution in [0.15, 0.2) is 71.8 Å². The van der Waals surface area contributed by atoms with Crippen molar-refractivity contribution in [3.05, 3.63) is 89.2 Å². The van der Waals surface area contributed by atoms with Crippen LogP contribution in [0.4, 0.5) is 9.59 Å². The smallest absolute Gasteiger partial charge is 0.407 e. The second-order valence-corrected chi connectivity index (χ2v) is 15.0. The van der Waals surface area contributed by atoms with Gasteiger partial charge < -0.3 is 44.6 Å². The quantitative estimate of drug-likeness (QED) is 0.116. The summed E-state index contributed by atoms with van der Waals surface area (Å²) in [4.78, 5) is 75.6. The molecule has 0 unspecified atom stereocenters. The molecule has 5 aromatic rings. The van der Waals surface area contributed by atoms with Gasteiger partial charge >= 0.3 is 12.2 Å². The van der Waals surface area contributed by atoms with Crippen molar-refractivity contribution in [3.63, 3.8) is 0 Å². The van der Waals surface area contributed by atoms with Crippen molar-refractivity contribution in [3.8, 4) is 33.6 Å². The van der Waals surface area contributed by atoms with E-state index in [1.54, 1.807) is 34.6 Å². The van der Waals surface area contributed by atoms with Crippen LogP contribution in [0.25, 0.3) is 33.6 Å². The summed E-state index contributed by atoms with van der Waals surface area (Å²) < 4.78 is 14.9. The fraction of sp³-hybridized carbons (Fsp3) is 0.390. The number of carbonyl (C=O) groups excluding carboxylic acids is 4. The van der Waals surface area contributed by atoms with Crippen LogP contribution in [0.5, 0.6) is 0 Å². The van der Waals surface area contributed by atoms with Gasteiger partial charge in [0.05, 0.1) is 67.4 Å².